The van der Waals surface area contributed by atoms with Crippen LogP contribution in [0.4, 0.5) is 0 Å². The molecule has 6 nitrogen and oxygen atoms in total. The number of thioether (sulfide) groups is 1. The van der Waals surface area contributed by atoms with E-state index in [9.17, 15) is 9.59 Å². The topological polar surface area (TPSA) is 77.7 Å². The van der Waals surface area contributed by atoms with E-state index in [1.165, 1.54) is 30.0 Å². The predicted octanol–water partition coefficient (Wildman–Crippen LogP) is 4.14. The minimum atomic E-state index is -0.0932. The largest absolute Gasteiger partial charge is 0.294 e. The molecule has 8 heteroatoms. The number of ketones is 2. The maximum Gasteiger partial charge on any atom is 0.193 e. The molecule has 0 atom stereocenters. The Morgan fingerprint density at radius 1 is 1.19 bits per heavy atom. The van der Waals surface area contributed by atoms with Gasteiger partial charge in [-0.3, -0.25) is 14.2 Å². The van der Waals surface area contributed by atoms with Crippen molar-refractivity contribution in [1.82, 2.24) is 19.5 Å². The number of carbonyl (C=O) groups is 2. The monoisotopic (exact) mass is 400 g/mol. The molecule has 0 saturated heterocycles. The van der Waals surface area contributed by atoms with Gasteiger partial charge in [0.25, 0.3) is 0 Å². The van der Waals surface area contributed by atoms with Crippen LogP contribution in [0.5, 0.6) is 0 Å². The molecule has 0 aliphatic heterocycles. The standard InChI is InChI=1S/C19H20N4O2S2/c1-10-8-15(12(3)23(10)19-20-6-7-26-19)16(25)9-27-18-17(13(4)24)11(2)21-14(5)22-18/h6-8H,9H2,1-5H3. The third-order valence-electron chi connectivity index (χ3n) is 4.20. The second-order valence-corrected chi connectivity index (χ2v) is 8.08. The van der Waals surface area contributed by atoms with Crippen molar-refractivity contribution >= 4 is 34.7 Å². The molecule has 0 unspecified atom stereocenters. The smallest absolute Gasteiger partial charge is 0.193 e. The van der Waals surface area contributed by atoms with Gasteiger partial charge in [0.15, 0.2) is 16.7 Å². The van der Waals surface area contributed by atoms with Crippen molar-refractivity contribution in [3.8, 4) is 5.13 Å². The van der Waals surface area contributed by atoms with Crippen molar-refractivity contribution in [2.45, 2.75) is 39.6 Å². The fourth-order valence-corrected chi connectivity index (χ4v) is 4.88. The molecule has 0 spiro atoms. The van der Waals surface area contributed by atoms with Gasteiger partial charge in [-0.2, -0.15) is 0 Å². The Labute approximate surface area is 166 Å². The van der Waals surface area contributed by atoms with Crippen molar-refractivity contribution < 1.29 is 9.59 Å². The molecule has 3 rings (SSSR count). The molecule has 0 bridgehead atoms. The lowest BCUT2D eigenvalue weighted by molar-refractivity contribution is 0.100. The molecule has 0 aromatic carbocycles. The number of Topliss-reactive ketones (excluding diaryl/α,β-unsaturated/α-hetero) is 2. The van der Waals surface area contributed by atoms with Gasteiger partial charge in [0, 0.05) is 28.5 Å². The van der Waals surface area contributed by atoms with Crippen LogP contribution in [0.25, 0.3) is 5.13 Å². The van der Waals surface area contributed by atoms with Crippen LogP contribution in [-0.4, -0.2) is 36.8 Å². The van der Waals surface area contributed by atoms with Crippen LogP contribution in [0.2, 0.25) is 0 Å². The Morgan fingerprint density at radius 2 is 1.93 bits per heavy atom. The van der Waals surface area contributed by atoms with Crippen molar-refractivity contribution in [3.05, 3.63) is 51.7 Å². The van der Waals surface area contributed by atoms with Gasteiger partial charge >= 0.3 is 0 Å². The second kappa shape index (κ2) is 7.74. The highest BCUT2D eigenvalue weighted by molar-refractivity contribution is 8.00. The molecule has 3 aromatic rings. The first-order valence-corrected chi connectivity index (χ1v) is 10.3. The summed E-state index contributed by atoms with van der Waals surface area (Å²) in [6, 6.07) is 1.89. The molecule has 0 fully saturated rings. The summed E-state index contributed by atoms with van der Waals surface area (Å²) in [5.74, 6) is 0.705. The van der Waals surface area contributed by atoms with Gasteiger partial charge in [0.2, 0.25) is 0 Å². The zero-order valence-electron chi connectivity index (χ0n) is 15.9. The summed E-state index contributed by atoms with van der Waals surface area (Å²) in [4.78, 5) is 37.8. The van der Waals surface area contributed by atoms with Crippen LogP contribution in [0.15, 0.2) is 22.7 Å². The van der Waals surface area contributed by atoms with Gasteiger partial charge in [-0.1, -0.05) is 11.8 Å². The molecular weight excluding hydrogens is 380 g/mol. The third kappa shape index (κ3) is 3.86. The summed E-state index contributed by atoms with van der Waals surface area (Å²) in [6.45, 7) is 8.95. The van der Waals surface area contributed by atoms with Gasteiger partial charge in [0.1, 0.15) is 10.9 Å². The average molecular weight is 401 g/mol. The maximum atomic E-state index is 12.8. The normalized spacial score (nSPS) is 11.0. The van der Waals surface area contributed by atoms with Gasteiger partial charge in [-0.05, 0) is 40.7 Å². The summed E-state index contributed by atoms with van der Waals surface area (Å²) in [6.07, 6.45) is 1.75. The minimum absolute atomic E-state index is 0.000624. The lowest BCUT2D eigenvalue weighted by atomic mass is 10.2. The molecule has 0 N–H and O–H groups in total. The highest BCUT2D eigenvalue weighted by Gasteiger charge is 2.20. The zero-order chi connectivity index (χ0) is 19.7. The van der Waals surface area contributed by atoms with Crippen LogP contribution in [-0.2, 0) is 0 Å². The molecule has 140 valence electrons. The van der Waals surface area contributed by atoms with E-state index in [-0.39, 0.29) is 17.3 Å². The highest BCUT2D eigenvalue weighted by atomic mass is 32.2. The van der Waals surface area contributed by atoms with Gasteiger partial charge in [-0.25, -0.2) is 15.0 Å². The highest BCUT2D eigenvalue weighted by Crippen LogP contribution is 2.27. The molecule has 3 heterocycles. The van der Waals surface area contributed by atoms with Crippen LogP contribution in [0.3, 0.4) is 0 Å². The molecular formula is C19H20N4O2S2. The Morgan fingerprint density at radius 3 is 2.56 bits per heavy atom. The predicted molar refractivity (Wildman–Crippen MR) is 107 cm³/mol. The Balaban J connectivity index is 1.86. The van der Waals surface area contributed by atoms with Crippen molar-refractivity contribution in [1.29, 1.82) is 0 Å². The van der Waals surface area contributed by atoms with E-state index in [1.807, 2.05) is 29.9 Å². The van der Waals surface area contributed by atoms with Crippen LogP contribution in [0, 0.1) is 27.7 Å². The van der Waals surface area contributed by atoms with E-state index in [4.69, 9.17) is 0 Å². The molecule has 3 aromatic heterocycles. The average Bonchev–Trinajstić information content (AvgIpc) is 3.19. The summed E-state index contributed by atoms with van der Waals surface area (Å²) >= 11 is 2.81. The number of hydrogen-bond acceptors (Lipinski definition) is 7. The van der Waals surface area contributed by atoms with Gasteiger partial charge in [0.05, 0.1) is 17.0 Å². The summed E-state index contributed by atoms with van der Waals surface area (Å²) < 4.78 is 1.99. The lowest BCUT2D eigenvalue weighted by Gasteiger charge is -2.09. The number of rotatable bonds is 6. The first-order chi connectivity index (χ1) is 12.8. The first-order valence-electron chi connectivity index (χ1n) is 8.40. The number of thiazole rings is 1. The van der Waals surface area contributed by atoms with Crippen LogP contribution < -0.4 is 0 Å². The quantitative estimate of drug-likeness (QED) is 0.352. The van der Waals surface area contributed by atoms with E-state index in [2.05, 4.69) is 15.0 Å². The molecule has 0 aliphatic rings. The molecule has 0 aliphatic carbocycles. The van der Waals surface area contributed by atoms with E-state index in [0.29, 0.717) is 27.7 Å². The number of nitrogens with zero attached hydrogens (tertiary/aromatic N) is 4. The number of aromatic nitrogens is 4. The fourth-order valence-electron chi connectivity index (χ4n) is 3.07. The van der Waals surface area contributed by atoms with E-state index >= 15 is 0 Å². The number of hydrogen-bond donors (Lipinski definition) is 0. The summed E-state index contributed by atoms with van der Waals surface area (Å²) in [5.41, 5.74) is 3.64. The number of carbonyl (C=O) groups excluding carboxylic acids is 2. The van der Waals surface area contributed by atoms with Crippen molar-refractivity contribution in [2.24, 2.45) is 0 Å². The van der Waals surface area contributed by atoms with E-state index in [1.54, 1.807) is 20.0 Å². The number of aryl methyl sites for hydroxylation is 3. The Bertz CT molecular complexity index is 1020. The van der Waals surface area contributed by atoms with E-state index < -0.39 is 0 Å². The van der Waals surface area contributed by atoms with E-state index in [0.717, 1.165) is 16.5 Å². The van der Waals surface area contributed by atoms with Gasteiger partial charge in [-0.15, -0.1) is 11.3 Å². The van der Waals surface area contributed by atoms with Crippen molar-refractivity contribution in [3.63, 3.8) is 0 Å². The molecule has 0 radical (unpaired) electrons. The van der Waals surface area contributed by atoms with Gasteiger partial charge < -0.3 is 0 Å². The van der Waals surface area contributed by atoms with Crippen LogP contribution >= 0.6 is 23.1 Å². The van der Waals surface area contributed by atoms with Crippen molar-refractivity contribution in [2.75, 3.05) is 5.75 Å². The first kappa shape index (κ1) is 19.4. The lowest BCUT2D eigenvalue weighted by Crippen LogP contribution is -2.09. The minimum Gasteiger partial charge on any atom is -0.294 e. The SMILES string of the molecule is CC(=O)c1c(C)nc(C)nc1SCC(=O)c1cc(C)n(-c2nccs2)c1C. The third-order valence-corrected chi connectivity index (χ3v) is 5.93. The summed E-state index contributed by atoms with van der Waals surface area (Å²) in [5, 5.41) is 3.32. The molecule has 0 saturated carbocycles. The summed E-state index contributed by atoms with van der Waals surface area (Å²) in [7, 11) is 0. The Kier molecular flexibility index (Phi) is 5.57. The zero-order valence-corrected chi connectivity index (χ0v) is 17.5. The fraction of sp³-hybridized carbons (Fsp3) is 0.316. The Hall–Kier alpha value is -2.32. The maximum absolute atomic E-state index is 12.8. The molecule has 0 amide bonds. The molecule has 27 heavy (non-hydrogen) atoms. The van der Waals surface area contributed by atoms with Crippen LogP contribution in [0.1, 0.15) is 50.5 Å². The second-order valence-electron chi connectivity index (χ2n) is 6.24.